The summed E-state index contributed by atoms with van der Waals surface area (Å²) in [4.78, 5) is 0. The molecule has 0 aliphatic carbocycles. The van der Waals surface area contributed by atoms with E-state index in [0.29, 0.717) is 19.7 Å². The molecule has 1 unspecified atom stereocenters. The molecule has 1 fully saturated rings. The van der Waals surface area contributed by atoms with Crippen LogP contribution in [0.25, 0.3) is 0 Å². The summed E-state index contributed by atoms with van der Waals surface area (Å²) < 4.78 is 33.3. The van der Waals surface area contributed by atoms with E-state index < -0.39 is 14.8 Å². The summed E-state index contributed by atoms with van der Waals surface area (Å²) in [7, 11) is -3.40. The molecule has 0 N–H and O–H groups in total. The lowest BCUT2D eigenvalue weighted by atomic mass is 9.84. The quantitative estimate of drug-likeness (QED) is 0.164. The van der Waals surface area contributed by atoms with Crippen molar-refractivity contribution in [1.29, 1.82) is 0 Å². The topological polar surface area (TPSA) is 46.6 Å². The second kappa shape index (κ2) is 12.3. The van der Waals surface area contributed by atoms with Gasteiger partial charge in [-0.3, -0.25) is 0 Å². The Kier molecular flexibility index (Phi) is 8.65. The number of sulfonamides is 1. The fourth-order valence-corrected chi connectivity index (χ4v) is 8.34. The van der Waals surface area contributed by atoms with E-state index in [4.69, 9.17) is 4.74 Å². The van der Waals surface area contributed by atoms with Crippen LogP contribution in [0.15, 0.2) is 121 Å². The Hall–Kier alpha value is -2.90. The first-order valence-electron chi connectivity index (χ1n) is 13.0. The molecule has 0 spiro atoms. The SMILES string of the molecule is O=S(=O)(CCOCc1ccccc1)N1CCC(SC(c2ccccc2)(c2ccccc2)c2ccccc2)C1. The summed E-state index contributed by atoms with van der Waals surface area (Å²) >= 11 is 1.87. The zero-order valence-electron chi connectivity index (χ0n) is 21.4. The molecule has 0 amide bonds. The monoisotopic (exact) mass is 543 g/mol. The fraction of sp³-hybridized carbons (Fsp3) is 0.250. The van der Waals surface area contributed by atoms with Crippen molar-refractivity contribution in [3.63, 3.8) is 0 Å². The van der Waals surface area contributed by atoms with Crippen molar-refractivity contribution >= 4 is 21.8 Å². The zero-order chi connectivity index (χ0) is 26.3. The van der Waals surface area contributed by atoms with Crippen LogP contribution in [0.3, 0.4) is 0 Å². The van der Waals surface area contributed by atoms with Gasteiger partial charge in [-0.1, -0.05) is 121 Å². The van der Waals surface area contributed by atoms with Crippen molar-refractivity contribution in [2.45, 2.75) is 23.0 Å². The lowest BCUT2D eigenvalue weighted by molar-refractivity contribution is 0.135. The molecule has 1 aliphatic heterocycles. The Bertz CT molecular complexity index is 1290. The highest BCUT2D eigenvalue weighted by Gasteiger charge is 2.42. The summed E-state index contributed by atoms with van der Waals surface area (Å²) in [5.74, 6) is -0.00157. The van der Waals surface area contributed by atoms with Crippen LogP contribution in [-0.2, 0) is 26.1 Å². The highest BCUT2D eigenvalue weighted by Crippen LogP contribution is 2.51. The Morgan fingerprint density at radius 3 is 1.71 bits per heavy atom. The lowest BCUT2D eigenvalue weighted by Crippen LogP contribution is -2.34. The Balaban J connectivity index is 1.34. The van der Waals surface area contributed by atoms with Crippen LogP contribution < -0.4 is 0 Å². The van der Waals surface area contributed by atoms with Crippen molar-refractivity contribution in [3.05, 3.63) is 144 Å². The van der Waals surface area contributed by atoms with Gasteiger partial charge in [0.25, 0.3) is 0 Å². The van der Waals surface area contributed by atoms with Gasteiger partial charge in [0.2, 0.25) is 10.0 Å². The number of thioether (sulfide) groups is 1. The van der Waals surface area contributed by atoms with Gasteiger partial charge in [-0.2, -0.15) is 0 Å². The molecule has 196 valence electrons. The lowest BCUT2D eigenvalue weighted by Gasteiger charge is -2.37. The Morgan fingerprint density at radius 1 is 0.737 bits per heavy atom. The highest BCUT2D eigenvalue weighted by atomic mass is 32.2. The molecule has 4 nitrogen and oxygen atoms in total. The van der Waals surface area contributed by atoms with Crippen molar-refractivity contribution in [3.8, 4) is 0 Å². The van der Waals surface area contributed by atoms with Gasteiger partial charge in [0.1, 0.15) is 0 Å². The Morgan fingerprint density at radius 2 is 1.21 bits per heavy atom. The van der Waals surface area contributed by atoms with E-state index in [9.17, 15) is 8.42 Å². The number of hydrogen-bond donors (Lipinski definition) is 0. The second-order valence-electron chi connectivity index (χ2n) is 9.52. The minimum atomic E-state index is -3.40. The molecule has 0 bridgehead atoms. The zero-order valence-corrected chi connectivity index (χ0v) is 23.0. The van der Waals surface area contributed by atoms with Crippen molar-refractivity contribution in [2.75, 3.05) is 25.4 Å². The summed E-state index contributed by atoms with van der Waals surface area (Å²) in [6, 6.07) is 41.5. The molecule has 0 saturated carbocycles. The molecule has 1 heterocycles. The fourth-order valence-electron chi connectivity index (χ4n) is 5.08. The van der Waals surface area contributed by atoms with Gasteiger partial charge in [0.15, 0.2) is 0 Å². The molecule has 4 aromatic carbocycles. The summed E-state index contributed by atoms with van der Waals surface area (Å²) in [6.07, 6.45) is 0.809. The first-order valence-corrected chi connectivity index (χ1v) is 15.5. The number of hydrogen-bond acceptors (Lipinski definition) is 4. The molecule has 4 aromatic rings. The van der Waals surface area contributed by atoms with Gasteiger partial charge in [0.05, 0.1) is 23.7 Å². The van der Waals surface area contributed by atoms with E-state index in [1.54, 1.807) is 4.31 Å². The third-order valence-corrected chi connectivity index (χ3v) is 10.6. The van der Waals surface area contributed by atoms with Gasteiger partial charge in [-0.25, -0.2) is 12.7 Å². The minimum Gasteiger partial charge on any atom is -0.376 e. The minimum absolute atomic E-state index is 0.00157. The maximum Gasteiger partial charge on any atom is 0.216 e. The Labute approximate surface area is 230 Å². The summed E-state index contributed by atoms with van der Waals surface area (Å²) in [5.41, 5.74) is 4.62. The van der Waals surface area contributed by atoms with E-state index in [1.165, 1.54) is 16.7 Å². The first-order chi connectivity index (χ1) is 18.6. The maximum absolute atomic E-state index is 13.2. The number of rotatable bonds is 11. The first kappa shape index (κ1) is 26.7. The van der Waals surface area contributed by atoms with Gasteiger partial charge >= 0.3 is 0 Å². The molecule has 5 rings (SSSR count). The van der Waals surface area contributed by atoms with Gasteiger partial charge in [-0.05, 0) is 28.7 Å². The van der Waals surface area contributed by atoms with E-state index in [-0.39, 0.29) is 17.6 Å². The van der Waals surface area contributed by atoms with Gasteiger partial charge < -0.3 is 4.74 Å². The molecule has 1 saturated heterocycles. The van der Waals surface area contributed by atoms with Crippen molar-refractivity contribution in [2.24, 2.45) is 0 Å². The number of benzene rings is 4. The summed E-state index contributed by atoms with van der Waals surface area (Å²) in [5, 5.41) is 0.149. The summed E-state index contributed by atoms with van der Waals surface area (Å²) in [6.45, 7) is 1.64. The van der Waals surface area contributed by atoms with E-state index in [2.05, 4.69) is 72.8 Å². The van der Waals surface area contributed by atoms with Crippen LogP contribution in [0.5, 0.6) is 0 Å². The molecular weight excluding hydrogens is 510 g/mol. The molecule has 0 aromatic heterocycles. The van der Waals surface area contributed by atoms with E-state index in [1.807, 2.05) is 60.3 Å². The van der Waals surface area contributed by atoms with E-state index >= 15 is 0 Å². The molecule has 1 atom stereocenters. The molecule has 0 radical (unpaired) electrons. The standard InChI is InChI=1S/C32H33NO3S2/c34-38(35,24-23-36-26-27-13-5-1-6-14-27)33-22-21-31(25-33)37-32(28-15-7-2-8-16-28,29-17-9-3-10-18-29)30-19-11-4-12-20-30/h1-20,31H,21-26H2. The van der Waals surface area contributed by atoms with Crippen molar-refractivity contribution < 1.29 is 13.2 Å². The predicted molar refractivity (Wildman–Crippen MR) is 157 cm³/mol. The maximum atomic E-state index is 13.2. The molecule has 6 heteroatoms. The highest BCUT2D eigenvalue weighted by molar-refractivity contribution is 8.01. The predicted octanol–water partition coefficient (Wildman–Crippen LogP) is 6.33. The normalized spacial score (nSPS) is 16.5. The van der Waals surface area contributed by atoms with Crippen LogP contribution in [0, 0.1) is 0 Å². The van der Waals surface area contributed by atoms with Crippen LogP contribution in [0.2, 0.25) is 0 Å². The van der Waals surface area contributed by atoms with Crippen LogP contribution in [0.4, 0.5) is 0 Å². The van der Waals surface area contributed by atoms with Crippen LogP contribution in [0.1, 0.15) is 28.7 Å². The molecular formula is C32H33NO3S2. The third-order valence-electron chi connectivity index (χ3n) is 6.98. The third kappa shape index (κ3) is 6.05. The van der Waals surface area contributed by atoms with E-state index in [0.717, 1.165) is 12.0 Å². The van der Waals surface area contributed by atoms with Gasteiger partial charge in [-0.15, -0.1) is 11.8 Å². The number of ether oxygens (including phenoxy) is 1. The largest absolute Gasteiger partial charge is 0.376 e. The van der Waals surface area contributed by atoms with Crippen molar-refractivity contribution in [1.82, 2.24) is 4.31 Å². The number of nitrogens with zero attached hydrogens (tertiary/aromatic N) is 1. The molecule has 1 aliphatic rings. The van der Waals surface area contributed by atoms with Gasteiger partial charge in [0, 0.05) is 18.3 Å². The average Bonchev–Trinajstić information content (AvgIpc) is 3.46. The van der Waals surface area contributed by atoms with Crippen LogP contribution >= 0.6 is 11.8 Å². The second-order valence-corrected chi connectivity index (χ2v) is 13.1. The van der Waals surface area contributed by atoms with Crippen LogP contribution in [-0.4, -0.2) is 43.4 Å². The smallest absolute Gasteiger partial charge is 0.216 e. The molecule has 38 heavy (non-hydrogen) atoms. The average molecular weight is 544 g/mol.